The quantitative estimate of drug-likeness (QED) is 0.608. The van der Waals surface area contributed by atoms with Crippen molar-refractivity contribution in [3.8, 4) is 0 Å². The van der Waals surface area contributed by atoms with E-state index in [9.17, 15) is 4.39 Å². The lowest BCUT2D eigenvalue weighted by atomic mass is 10.3. The first kappa shape index (κ1) is 7.55. The molecule has 0 aromatic heterocycles. The maximum atomic E-state index is 12.8. The van der Waals surface area contributed by atoms with Crippen LogP contribution >= 0.6 is 0 Å². The molecule has 2 nitrogen and oxygen atoms in total. The summed E-state index contributed by atoms with van der Waals surface area (Å²) in [5, 5.41) is 2.78. The van der Waals surface area contributed by atoms with E-state index in [0.717, 1.165) is 0 Å². The monoisotopic (exact) mass is 150 g/mol. The Hall–Kier alpha value is -1.56. The van der Waals surface area contributed by atoms with Gasteiger partial charge in [-0.2, -0.15) is 0 Å². The summed E-state index contributed by atoms with van der Waals surface area (Å²) in [6, 6.07) is 4.41. The average Bonchev–Trinajstić information content (AvgIpc) is 2.04. The molecule has 0 saturated heterocycles. The Morgan fingerprint density at radius 2 is 2.27 bits per heavy atom. The van der Waals surface area contributed by atoms with Gasteiger partial charge in [-0.3, -0.25) is 0 Å². The summed E-state index contributed by atoms with van der Waals surface area (Å²) < 4.78 is 12.8. The molecule has 1 aromatic carbocycles. The number of rotatable bonds is 1. The fourth-order valence-corrected chi connectivity index (χ4v) is 0.753. The second-order valence-electron chi connectivity index (χ2n) is 2.03. The van der Waals surface area contributed by atoms with Crippen LogP contribution in [0.15, 0.2) is 18.2 Å². The van der Waals surface area contributed by atoms with Crippen LogP contribution in [-0.4, -0.2) is 7.05 Å². The van der Waals surface area contributed by atoms with Crippen molar-refractivity contribution >= 4 is 11.4 Å². The molecule has 0 heterocycles. The fraction of sp³-hybridized carbons (Fsp3) is 0.125. The van der Waals surface area contributed by atoms with E-state index < -0.39 is 5.82 Å². The van der Waals surface area contributed by atoms with E-state index in [1.54, 1.807) is 13.1 Å². The first-order valence-electron chi connectivity index (χ1n) is 3.12. The van der Waals surface area contributed by atoms with E-state index in [4.69, 9.17) is 6.57 Å². The standard InChI is InChI=1S/C8H7FN2/c1-10-6-3-4-8(11-2)7(9)5-6/h3-5,10H,1H3. The van der Waals surface area contributed by atoms with Gasteiger partial charge in [-0.25, -0.2) is 9.24 Å². The predicted molar refractivity (Wildman–Crippen MR) is 42.2 cm³/mol. The van der Waals surface area contributed by atoms with Crippen molar-refractivity contribution in [2.45, 2.75) is 0 Å². The number of hydrogen-bond donors (Lipinski definition) is 1. The van der Waals surface area contributed by atoms with Crippen LogP contribution < -0.4 is 5.32 Å². The van der Waals surface area contributed by atoms with Crippen molar-refractivity contribution in [3.63, 3.8) is 0 Å². The zero-order valence-corrected chi connectivity index (χ0v) is 6.06. The summed E-state index contributed by atoms with van der Waals surface area (Å²) in [4.78, 5) is 2.99. The largest absolute Gasteiger partial charge is 0.388 e. The average molecular weight is 150 g/mol. The molecular formula is C8H7FN2. The summed E-state index contributed by atoms with van der Waals surface area (Å²) >= 11 is 0. The number of halogens is 1. The molecule has 1 N–H and O–H groups in total. The SMILES string of the molecule is [C-]#[N+]c1ccc(NC)cc1F. The van der Waals surface area contributed by atoms with Gasteiger partial charge in [0.2, 0.25) is 5.69 Å². The van der Waals surface area contributed by atoms with E-state index >= 15 is 0 Å². The number of benzene rings is 1. The van der Waals surface area contributed by atoms with Crippen molar-refractivity contribution in [1.29, 1.82) is 0 Å². The molecule has 0 aliphatic heterocycles. The maximum absolute atomic E-state index is 12.8. The third-order valence-electron chi connectivity index (χ3n) is 1.36. The molecule has 11 heavy (non-hydrogen) atoms. The van der Waals surface area contributed by atoms with Crippen LogP contribution in [0.2, 0.25) is 0 Å². The molecule has 0 radical (unpaired) electrons. The molecule has 0 atom stereocenters. The highest BCUT2D eigenvalue weighted by Crippen LogP contribution is 2.20. The minimum atomic E-state index is -0.480. The van der Waals surface area contributed by atoms with Crippen molar-refractivity contribution in [2.24, 2.45) is 0 Å². The van der Waals surface area contributed by atoms with Crippen LogP contribution in [0, 0.1) is 12.4 Å². The Morgan fingerprint density at radius 1 is 1.55 bits per heavy atom. The Bertz CT molecular complexity index is 301. The highest BCUT2D eigenvalue weighted by molar-refractivity contribution is 5.54. The second kappa shape index (κ2) is 3.02. The first-order valence-corrected chi connectivity index (χ1v) is 3.12. The van der Waals surface area contributed by atoms with E-state index in [1.807, 2.05) is 0 Å². The normalized spacial score (nSPS) is 8.82. The van der Waals surface area contributed by atoms with Crippen molar-refractivity contribution in [2.75, 3.05) is 12.4 Å². The molecule has 0 aliphatic carbocycles. The molecule has 56 valence electrons. The second-order valence-corrected chi connectivity index (χ2v) is 2.03. The Balaban J connectivity index is 3.12. The highest BCUT2D eigenvalue weighted by atomic mass is 19.1. The molecule has 0 spiro atoms. The summed E-state index contributed by atoms with van der Waals surface area (Å²) in [6.07, 6.45) is 0. The van der Waals surface area contributed by atoms with Crippen LogP contribution in [0.25, 0.3) is 4.85 Å². The van der Waals surface area contributed by atoms with Gasteiger partial charge < -0.3 is 5.32 Å². The van der Waals surface area contributed by atoms with Crippen LogP contribution in [0.1, 0.15) is 0 Å². The topological polar surface area (TPSA) is 16.4 Å². The molecule has 1 aromatic rings. The van der Waals surface area contributed by atoms with Gasteiger partial charge in [0.15, 0.2) is 0 Å². The molecule has 0 unspecified atom stereocenters. The van der Waals surface area contributed by atoms with Gasteiger partial charge >= 0.3 is 0 Å². The van der Waals surface area contributed by atoms with E-state index in [2.05, 4.69) is 10.2 Å². The number of anilines is 1. The lowest BCUT2D eigenvalue weighted by Crippen LogP contribution is -1.87. The Morgan fingerprint density at radius 3 is 2.73 bits per heavy atom. The smallest absolute Gasteiger partial charge is 0.222 e. The minimum Gasteiger partial charge on any atom is -0.388 e. The first-order chi connectivity index (χ1) is 5.27. The van der Waals surface area contributed by atoms with Crippen LogP contribution in [0.3, 0.4) is 0 Å². The predicted octanol–water partition coefficient (Wildman–Crippen LogP) is 2.42. The van der Waals surface area contributed by atoms with Crippen LogP contribution in [-0.2, 0) is 0 Å². The number of nitrogens with one attached hydrogen (secondary N) is 1. The lowest BCUT2D eigenvalue weighted by Gasteiger charge is -1.99. The van der Waals surface area contributed by atoms with Crippen molar-refractivity contribution in [1.82, 2.24) is 0 Å². The van der Waals surface area contributed by atoms with E-state index in [1.165, 1.54) is 12.1 Å². The van der Waals surface area contributed by atoms with E-state index in [-0.39, 0.29) is 5.69 Å². The molecule has 3 heteroatoms. The van der Waals surface area contributed by atoms with Crippen molar-refractivity contribution in [3.05, 3.63) is 35.4 Å². The third-order valence-corrected chi connectivity index (χ3v) is 1.36. The summed E-state index contributed by atoms with van der Waals surface area (Å²) in [6.45, 7) is 6.58. The zero-order chi connectivity index (χ0) is 8.27. The van der Waals surface area contributed by atoms with Gasteiger partial charge in [0.25, 0.3) is 0 Å². The van der Waals surface area contributed by atoms with Gasteiger partial charge in [-0.05, 0) is 12.1 Å². The summed E-state index contributed by atoms with van der Waals surface area (Å²) in [7, 11) is 1.70. The molecule has 0 amide bonds. The highest BCUT2D eigenvalue weighted by Gasteiger charge is 2.00. The zero-order valence-electron chi connectivity index (χ0n) is 6.06. The van der Waals surface area contributed by atoms with Crippen LogP contribution in [0.5, 0.6) is 0 Å². The Labute approximate surface area is 64.5 Å². The van der Waals surface area contributed by atoms with Gasteiger partial charge in [0.05, 0.1) is 6.57 Å². The summed E-state index contributed by atoms with van der Waals surface area (Å²) in [5.41, 5.74) is 0.735. The molecule has 1 rings (SSSR count). The molecule has 0 saturated carbocycles. The van der Waals surface area contributed by atoms with Gasteiger partial charge in [-0.15, -0.1) is 0 Å². The van der Waals surface area contributed by atoms with Gasteiger partial charge in [0, 0.05) is 12.7 Å². The third kappa shape index (κ3) is 1.47. The fourth-order valence-electron chi connectivity index (χ4n) is 0.753. The Kier molecular flexibility index (Phi) is 2.07. The molecule has 0 fully saturated rings. The van der Waals surface area contributed by atoms with Gasteiger partial charge in [-0.1, -0.05) is 6.07 Å². The van der Waals surface area contributed by atoms with E-state index in [0.29, 0.717) is 5.69 Å². The van der Waals surface area contributed by atoms with Crippen LogP contribution in [0.4, 0.5) is 15.8 Å². The molecule has 0 aliphatic rings. The maximum Gasteiger partial charge on any atom is 0.222 e. The number of hydrogen-bond acceptors (Lipinski definition) is 1. The van der Waals surface area contributed by atoms with Gasteiger partial charge in [0.1, 0.15) is 5.82 Å². The minimum absolute atomic E-state index is 0.0593. The summed E-state index contributed by atoms with van der Waals surface area (Å²) in [5.74, 6) is -0.480. The molecular weight excluding hydrogens is 143 g/mol. The molecule has 0 bridgehead atoms. The number of nitrogens with zero attached hydrogens (tertiary/aromatic N) is 1. The lowest BCUT2D eigenvalue weighted by molar-refractivity contribution is 0.634. The van der Waals surface area contributed by atoms with Crippen molar-refractivity contribution < 1.29 is 4.39 Å².